The normalized spacial score (nSPS) is 51.2. The van der Waals surface area contributed by atoms with Crippen molar-refractivity contribution in [2.24, 2.45) is 34.8 Å². The molecule has 7 nitrogen and oxygen atoms in total. The molecule has 104 valence electrons. The van der Waals surface area contributed by atoms with Crippen molar-refractivity contribution in [3.8, 4) is 0 Å². The SMILES string of the molecule is NOC(=O)COC12CC3C(OC(N)=O)C4CC1(C2)C34. The van der Waals surface area contributed by atoms with E-state index in [1.54, 1.807) is 0 Å². The van der Waals surface area contributed by atoms with E-state index < -0.39 is 12.1 Å². The molecule has 0 aromatic carbocycles. The summed E-state index contributed by atoms with van der Waals surface area (Å²) in [6, 6.07) is 0. The molecule has 1 spiro atoms. The van der Waals surface area contributed by atoms with Gasteiger partial charge in [0.1, 0.15) is 12.7 Å². The summed E-state index contributed by atoms with van der Waals surface area (Å²) in [5.41, 5.74) is 5.09. The number of nitrogens with two attached hydrogens (primary N) is 2. The molecule has 0 aliphatic heterocycles. The van der Waals surface area contributed by atoms with Gasteiger partial charge < -0.3 is 20.0 Å². The van der Waals surface area contributed by atoms with E-state index >= 15 is 0 Å². The van der Waals surface area contributed by atoms with Crippen LogP contribution < -0.4 is 11.6 Å². The summed E-state index contributed by atoms with van der Waals surface area (Å²) >= 11 is 0. The molecule has 4 aliphatic rings. The zero-order chi connectivity index (χ0) is 13.4. The first-order chi connectivity index (χ1) is 9.03. The largest absolute Gasteiger partial charge is 0.446 e. The standard InChI is InChI=1S/C12H16N2O5/c13-10(16)18-9-5-1-11-4-12(11,2-6(9)8(5)11)17-3-7(15)19-14/h5-6,8-9H,1-4,14H2,(H2,13,16). The molecule has 0 radical (unpaired) electrons. The minimum atomic E-state index is -0.702. The Labute approximate surface area is 109 Å². The van der Waals surface area contributed by atoms with Gasteiger partial charge in [0.05, 0.1) is 5.60 Å². The summed E-state index contributed by atoms with van der Waals surface area (Å²) in [4.78, 5) is 26.1. The monoisotopic (exact) mass is 268 g/mol. The lowest BCUT2D eigenvalue weighted by Crippen LogP contribution is -2.62. The third kappa shape index (κ3) is 1.16. The summed E-state index contributed by atoms with van der Waals surface area (Å²) in [5, 5.41) is 0. The van der Waals surface area contributed by atoms with Gasteiger partial charge in [-0.05, 0) is 25.2 Å². The molecule has 0 saturated heterocycles. The van der Waals surface area contributed by atoms with Crippen LogP contribution in [-0.2, 0) is 19.1 Å². The van der Waals surface area contributed by atoms with Crippen LogP contribution in [-0.4, -0.2) is 30.4 Å². The molecule has 4 fully saturated rings. The highest BCUT2D eigenvalue weighted by molar-refractivity contribution is 5.70. The van der Waals surface area contributed by atoms with Crippen LogP contribution in [0.1, 0.15) is 19.3 Å². The number of hydrogen-bond donors (Lipinski definition) is 2. The molecule has 4 aliphatic carbocycles. The predicted octanol–water partition coefficient (Wildman–Crippen LogP) is -0.318. The van der Waals surface area contributed by atoms with E-state index in [0.29, 0.717) is 17.8 Å². The number of primary amides is 1. The third-order valence-electron chi connectivity index (χ3n) is 5.80. The fourth-order valence-corrected chi connectivity index (χ4v) is 5.20. The van der Waals surface area contributed by atoms with E-state index in [1.807, 2.05) is 0 Å². The molecule has 6 unspecified atom stereocenters. The molecular weight excluding hydrogens is 252 g/mol. The molecule has 0 aromatic rings. The molecule has 0 bridgehead atoms. The van der Waals surface area contributed by atoms with Gasteiger partial charge in [-0.15, -0.1) is 0 Å². The third-order valence-corrected chi connectivity index (χ3v) is 5.80. The Balaban J connectivity index is 1.44. The zero-order valence-electron chi connectivity index (χ0n) is 10.3. The van der Waals surface area contributed by atoms with Crippen LogP contribution in [0.4, 0.5) is 4.79 Å². The predicted molar refractivity (Wildman–Crippen MR) is 60.2 cm³/mol. The Bertz CT molecular complexity index is 483. The highest BCUT2D eigenvalue weighted by Crippen LogP contribution is 2.88. The number of ether oxygens (including phenoxy) is 2. The van der Waals surface area contributed by atoms with Gasteiger partial charge in [0.25, 0.3) is 0 Å². The van der Waals surface area contributed by atoms with Gasteiger partial charge in [-0.2, -0.15) is 5.90 Å². The average molecular weight is 268 g/mol. The number of hydrogen-bond acceptors (Lipinski definition) is 6. The van der Waals surface area contributed by atoms with Crippen LogP contribution in [0.15, 0.2) is 0 Å². The maximum Gasteiger partial charge on any atom is 0.404 e. The summed E-state index contributed by atoms with van der Waals surface area (Å²) < 4.78 is 10.9. The summed E-state index contributed by atoms with van der Waals surface area (Å²) in [6.07, 6.45) is 2.08. The van der Waals surface area contributed by atoms with E-state index in [0.717, 1.165) is 19.3 Å². The highest BCUT2D eigenvalue weighted by Gasteiger charge is 2.90. The summed E-state index contributed by atoms with van der Waals surface area (Å²) in [6.45, 7) is -0.107. The van der Waals surface area contributed by atoms with Gasteiger partial charge in [-0.3, -0.25) is 0 Å². The second-order valence-electron chi connectivity index (χ2n) is 6.27. The maximum atomic E-state index is 11.1. The van der Waals surface area contributed by atoms with E-state index in [9.17, 15) is 9.59 Å². The molecule has 7 heteroatoms. The van der Waals surface area contributed by atoms with Gasteiger partial charge in [0.15, 0.2) is 0 Å². The molecule has 19 heavy (non-hydrogen) atoms. The number of carbonyl (C=O) groups is 2. The fraction of sp³-hybridized carbons (Fsp3) is 0.833. The Morgan fingerprint density at radius 2 is 2.00 bits per heavy atom. The van der Waals surface area contributed by atoms with Crippen molar-refractivity contribution in [2.75, 3.05) is 6.61 Å². The minimum Gasteiger partial charge on any atom is -0.446 e. The Morgan fingerprint density at radius 1 is 1.26 bits per heavy atom. The fourth-order valence-electron chi connectivity index (χ4n) is 5.20. The Kier molecular flexibility index (Phi) is 1.94. The molecule has 4 N–H and O–H groups in total. The first-order valence-corrected chi connectivity index (χ1v) is 6.53. The van der Waals surface area contributed by atoms with Crippen molar-refractivity contribution in [1.82, 2.24) is 0 Å². The van der Waals surface area contributed by atoms with Crippen molar-refractivity contribution in [3.63, 3.8) is 0 Å². The van der Waals surface area contributed by atoms with Gasteiger partial charge in [0.2, 0.25) is 0 Å². The lowest BCUT2D eigenvalue weighted by atomic mass is 9.46. The molecule has 6 atom stereocenters. The smallest absolute Gasteiger partial charge is 0.404 e. The molecule has 4 rings (SSSR count). The average Bonchev–Trinajstić information content (AvgIpc) is 2.97. The van der Waals surface area contributed by atoms with Crippen LogP contribution in [0.5, 0.6) is 0 Å². The van der Waals surface area contributed by atoms with Gasteiger partial charge in [-0.1, -0.05) is 0 Å². The lowest BCUT2D eigenvalue weighted by molar-refractivity contribution is -0.187. The quantitative estimate of drug-likeness (QED) is 0.675. The van der Waals surface area contributed by atoms with Gasteiger partial charge >= 0.3 is 12.1 Å². The van der Waals surface area contributed by atoms with Crippen molar-refractivity contribution in [1.29, 1.82) is 0 Å². The minimum absolute atomic E-state index is 0.0529. The summed E-state index contributed by atoms with van der Waals surface area (Å²) in [5.74, 6) is 5.59. The Morgan fingerprint density at radius 3 is 2.68 bits per heavy atom. The second kappa shape index (κ2) is 3.21. The topological polar surface area (TPSA) is 114 Å². The zero-order valence-corrected chi connectivity index (χ0v) is 10.3. The highest BCUT2D eigenvalue weighted by atomic mass is 16.7. The van der Waals surface area contributed by atoms with Crippen molar-refractivity contribution in [2.45, 2.75) is 31.0 Å². The van der Waals surface area contributed by atoms with Crippen LogP contribution in [0.2, 0.25) is 0 Å². The molecule has 0 aromatic heterocycles. The van der Waals surface area contributed by atoms with E-state index in [4.69, 9.17) is 21.1 Å². The molecule has 4 saturated carbocycles. The number of carbonyl (C=O) groups excluding carboxylic acids is 2. The lowest BCUT2D eigenvalue weighted by Gasteiger charge is -2.60. The van der Waals surface area contributed by atoms with Crippen LogP contribution in [0, 0.1) is 23.2 Å². The molecule has 0 heterocycles. The maximum absolute atomic E-state index is 11.1. The van der Waals surface area contributed by atoms with E-state index in [1.165, 1.54) is 0 Å². The first kappa shape index (κ1) is 11.5. The van der Waals surface area contributed by atoms with Crippen LogP contribution in [0.25, 0.3) is 0 Å². The summed E-state index contributed by atoms with van der Waals surface area (Å²) in [7, 11) is 0. The van der Waals surface area contributed by atoms with Crippen molar-refractivity contribution in [3.05, 3.63) is 0 Å². The van der Waals surface area contributed by atoms with Gasteiger partial charge in [0, 0.05) is 17.3 Å². The molecular formula is C12H16N2O5. The van der Waals surface area contributed by atoms with E-state index in [2.05, 4.69) is 4.84 Å². The Hall–Kier alpha value is -1.34. The number of amides is 1. The van der Waals surface area contributed by atoms with E-state index in [-0.39, 0.29) is 23.7 Å². The first-order valence-electron chi connectivity index (χ1n) is 6.53. The van der Waals surface area contributed by atoms with Crippen LogP contribution in [0.3, 0.4) is 0 Å². The van der Waals surface area contributed by atoms with Crippen molar-refractivity contribution < 1.29 is 23.9 Å². The van der Waals surface area contributed by atoms with Crippen molar-refractivity contribution >= 4 is 12.1 Å². The molecule has 1 amide bonds. The second-order valence-corrected chi connectivity index (χ2v) is 6.27. The number of rotatable bonds is 4. The van der Waals surface area contributed by atoms with Crippen LogP contribution >= 0.6 is 0 Å². The van der Waals surface area contributed by atoms with Gasteiger partial charge in [-0.25, -0.2) is 9.59 Å².